The van der Waals surface area contributed by atoms with Crippen molar-refractivity contribution in [3.05, 3.63) is 201 Å². The summed E-state index contributed by atoms with van der Waals surface area (Å²) in [4.78, 5) is 2.49. The zero-order chi connectivity index (χ0) is 32.2. The Morgan fingerprint density at radius 3 is 1.26 bits per heavy atom. The Bertz CT molecular complexity index is 1900. The molecule has 230 valence electrons. The quantitative estimate of drug-likeness (QED) is 0.163. The van der Waals surface area contributed by atoms with Crippen LogP contribution in [0.5, 0.6) is 0 Å². The molecule has 0 amide bonds. The number of fused-ring (bicyclic) bond motifs is 2. The molecule has 6 aromatic carbocycles. The van der Waals surface area contributed by atoms with Gasteiger partial charge in [-0.1, -0.05) is 132 Å². The second-order valence-corrected chi connectivity index (χ2v) is 12.6. The fourth-order valence-electron chi connectivity index (χ4n) is 6.76. The van der Waals surface area contributed by atoms with E-state index >= 15 is 0 Å². The third-order valence-corrected chi connectivity index (χ3v) is 9.29. The SMILES string of the molecule is CCN1c2ccc(C=C(c3ccccc3)c3ccc(C)cc3)cc2CCc2cc(C=C(c3ccccc3)c3ccc(C)cc3)ccc21. The van der Waals surface area contributed by atoms with Crippen LogP contribution >= 0.6 is 0 Å². The maximum absolute atomic E-state index is 2.49. The van der Waals surface area contributed by atoms with Gasteiger partial charge in [0.05, 0.1) is 0 Å². The molecule has 0 saturated heterocycles. The lowest BCUT2D eigenvalue weighted by atomic mass is 9.93. The molecule has 1 aliphatic rings. The molecule has 6 aromatic rings. The highest BCUT2D eigenvalue weighted by Gasteiger charge is 2.20. The smallest absolute Gasteiger partial charge is 0.0443 e. The monoisotopic (exact) mass is 607 g/mol. The third-order valence-electron chi connectivity index (χ3n) is 9.29. The Hall–Kier alpha value is -5.40. The summed E-state index contributed by atoms with van der Waals surface area (Å²) in [6.07, 6.45) is 6.71. The van der Waals surface area contributed by atoms with E-state index in [1.807, 2.05) is 0 Å². The van der Waals surface area contributed by atoms with Crippen molar-refractivity contribution < 1.29 is 0 Å². The number of anilines is 2. The summed E-state index contributed by atoms with van der Waals surface area (Å²) in [5.74, 6) is 0. The van der Waals surface area contributed by atoms with Crippen molar-refractivity contribution in [3.63, 3.8) is 0 Å². The first-order valence-corrected chi connectivity index (χ1v) is 16.8. The van der Waals surface area contributed by atoms with Gasteiger partial charge in [-0.3, -0.25) is 0 Å². The van der Waals surface area contributed by atoms with Gasteiger partial charge in [-0.15, -0.1) is 0 Å². The van der Waals surface area contributed by atoms with E-state index in [1.54, 1.807) is 0 Å². The summed E-state index contributed by atoms with van der Waals surface area (Å²) < 4.78 is 0. The molecule has 0 N–H and O–H groups in total. The molecule has 0 saturated carbocycles. The van der Waals surface area contributed by atoms with Gasteiger partial charge in [-0.25, -0.2) is 0 Å². The Morgan fingerprint density at radius 2 is 0.872 bits per heavy atom. The molecule has 0 unspecified atom stereocenters. The zero-order valence-electron chi connectivity index (χ0n) is 27.6. The third kappa shape index (κ3) is 6.62. The van der Waals surface area contributed by atoms with E-state index in [2.05, 4.69) is 183 Å². The Labute approximate surface area is 280 Å². The van der Waals surface area contributed by atoms with Crippen molar-refractivity contribution in [1.29, 1.82) is 0 Å². The van der Waals surface area contributed by atoms with Crippen LogP contribution in [0.4, 0.5) is 11.4 Å². The van der Waals surface area contributed by atoms with Crippen LogP contribution in [0, 0.1) is 13.8 Å². The fourth-order valence-corrected chi connectivity index (χ4v) is 6.76. The average molecular weight is 608 g/mol. The van der Waals surface area contributed by atoms with Gasteiger partial charge in [-0.2, -0.15) is 0 Å². The number of nitrogens with zero attached hydrogens (tertiary/aromatic N) is 1. The van der Waals surface area contributed by atoms with Gasteiger partial charge in [0.1, 0.15) is 0 Å². The van der Waals surface area contributed by atoms with E-state index in [9.17, 15) is 0 Å². The van der Waals surface area contributed by atoms with E-state index in [0.29, 0.717) is 0 Å². The maximum Gasteiger partial charge on any atom is 0.0443 e. The van der Waals surface area contributed by atoms with Crippen molar-refractivity contribution >= 4 is 34.7 Å². The van der Waals surface area contributed by atoms with Crippen LogP contribution in [-0.2, 0) is 12.8 Å². The van der Waals surface area contributed by atoms with Crippen LogP contribution in [0.2, 0.25) is 0 Å². The zero-order valence-corrected chi connectivity index (χ0v) is 27.6. The first-order chi connectivity index (χ1) is 23.1. The topological polar surface area (TPSA) is 3.24 Å². The molecule has 1 heteroatoms. The lowest BCUT2D eigenvalue weighted by Gasteiger charge is -2.26. The van der Waals surface area contributed by atoms with Crippen molar-refractivity contribution in [1.82, 2.24) is 0 Å². The second-order valence-electron chi connectivity index (χ2n) is 12.6. The van der Waals surface area contributed by atoms with Crippen LogP contribution in [0.25, 0.3) is 23.3 Å². The average Bonchev–Trinajstić information content (AvgIpc) is 3.27. The van der Waals surface area contributed by atoms with E-state index in [-0.39, 0.29) is 0 Å². The van der Waals surface area contributed by atoms with Crippen molar-refractivity contribution in [3.8, 4) is 0 Å². The van der Waals surface area contributed by atoms with Crippen molar-refractivity contribution in [2.24, 2.45) is 0 Å². The van der Waals surface area contributed by atoms with Gasteiger partial charge in [0, 0.05) is 17.9 Å². The van der Waals surface area contributed by atoms with E-state index in [4.69, 9.17) is 0 Å². The molecule has 0 fully saturated rings. The molecule has 0 spiro atoms. The molecule has 0 atom stereocenters. The number of aryl methyl sites for hydroxylation is 4. The highest BCUT2D eigenvalue weighted by Crippen LogP contribution is 2.38. The van der Waals surface area contributed by atoms with Crippen molar-refractivity contribution in [2.45, 2.75) is 33.6 Å². The van der Waals surface area contributed by atoms with Gasteiger partial charge in [0.2, 0.25) is 0 Å². The van der Waals surface area contributed by atoms with Gasteiger partial charge in [0.25, 0.3) is 0 Å². The minimum Gasteiger partial charge on any atom is -0.341 e. The Kier molecular flexibility index (Phi) is 8.71. The fraction of sp³-hybridized carbons (Fsp3) is 0.130. The standard InChI is InChI=1S/C46H41N/c1-4-47-45-27-19-35(31-43(37-11-7-5-8-12-37)39-21-15-33(2)16-22-39)29-41(45)25-26-42-30-36(20-28-46(42)47)32-44(38-13-9-6-10-14-38)40-23-17-34(3)18-24-40/h5-24,27-32H,4,25-26H2,1-3H3. The Morgan fingerprint density at radius 1 is 0.489 bits per heavy atom. The number of hydrogen-bond acceptors (Lipinski definition) is 1. The van der Waals surface area contributed by atoms with Crippen LogP contribution in [0.15, 0.2) is 146 Å². The summed E-state index contributed by atoms with van der Waals surface area (Å²) in [7, 11) is 0. The highest BCUT2D eigenvalue weighted by molar-refractivity contribution is 5.93. The molecule has 0 radical (unpaired) electrons. The van der Waals surface area contributed by atoms with E-state index < -0.39 is 0 Å². The lowest BCUT2D eigenvalue weighted by molar-refractivity contribution is 0.976. The van der Waals surface area contributed by atoms with Gasteiger partial charge >= 0.3 is 0 Å². The van der Waals surface area contributed by atoms with Crippen LogP contribution in [0.1, 0.15) is 62.6 Å². The maximum atomic E-state index is 2.49. The second kappa shape index (κ2) is 13.5. The summed E-state index contributed by atoms with van der Waals surface area (Å²) in [5.41, 5.74) is 17.9. The first kappa shape index (κ1) is 30.3. The largest absolute Gasteiger partial charge is 0.341 e. The van der Waals surface area contributed by atoms with Crippen LogP contribution in [0.3, 0.4) is 0 Å². The molecular weight excluding hydrogens is 567 g/mol. The summed E-state index contributed by atoms with van der Waals surface area (Å²) in [6, 6.07) is 53.3. The van der Waals surface area contributed by atoms with E-state index in [0.717, 1.165) is 19.4 Å². The number of benzene rings is 6. The normalized spacial score (nSPS) is 13.1. The predicted molar refractivity (Wildman–Crippen MR) is 202 cm³/mol. The molecule has 0 aromatic heterocycles. The molecule has 0 aliphatic carbocycles. The summed E-state index contributed by atoms with van der Waals surface area (Å²) in [5, 5.41) is 0. The van der Waals surface area contributed by atoms with Gasteiger partial charge in [0.15, 0.2) is 0 Å². The lowest BCUT2D eigenvalue weighted by Crippen LogP contribution is -2.17. The molecule has 7 rings (SSSR count). The minimum absolute atomic E-state index is 0.918. The first-order valence-electron chi connectivity index (χ1n) is 16.8. The van der Waals surface area contributed by atoms with Crippen molar-refractivity contribution in [2.75, 3.05) is 11.4 Å². The predicted octanol–water partition coefficient (Wildman–Crippen LogP) is 11.7. The summed E-state index contributed by atoms with van der Waals surface area (Å²) >= 11 is 0. The molecular formula is C46H41N. The molecule has 1 heterocycles. The molecule has 1 aliphatic heterocycles. The molecule has 47 heavy (non-hydrogen) atoms. The van der Waals surface area contributed by atoms with Crippen LogP contribution in [-0.4, -0.2) is 6.54 Å². The van der Waals surface area contributed by atoms with Crippen LogP contribution < -0.4 is 4.90 Å². The van der Waals surface area contributed by atoms with Gasteiger partial charge < -0.3 is 4.90 Å². The molecule has 1 nitrogen and oxygen atoms in total. The molecule has 0 bridgehead atoms. The van der Waals surface area contributed by atoms with E-state index in [1.165, 1.54) is 78.2 Å². The number of rotatable bonds is 7. The highest BCUT2D eigenvalue weighted by atomic mass is 15.1. The number of hydrogen-bond donors (Lipinski definition) is 0. The Balaban J connectivity index is 1.25. The van der Waals surface area contributed by atoms with Gasteiger partial charge in [-0.05, 0) is 126 Å². The minimum atomic E-state index is 0.918. The summed E-state index contributed by atoms with van der Waals surface area (Å²) in [6.45, 7) is 7.47.